The summed E-state index contributed by atoms with van der Waals surface area (Å²) in [6.45, 7) is 25.2. The highest BCUT2D eigenvalue weighted by atomic mass is 19.1. The summed E-state index contributed by atoms with van der Waals surface area (Å²) in [4.78, 5) is 48.7. The Labute approximate surface area is 687 Å². The first-order valence-electron chi connectivity index (χ1n) is 39.9. The second-order valence-corrected chi connectivity index (χ2v) is 34.8. The Balaban J connectivity index is 0.000000189. The lowest BCUT2D eigenvalue weighted by Gasteiger charge is -2.29. The minimum Gasteiger partial charge on any atom is -0.508 e. The number of carbonyl (C=O) groups is 4. The van der Waals surface area contributed by atoms with Crippen molar-refractivity contribution in [2.75, 3.05) is 42.7 Å². The maximum atomic E-state index is 15.1. The van der Waals surface area contributed by atoms with Gasteiger partial charge in [-0.15, -0.1) is 0 Å². The van der Waals surface area contributed by atoms with E-state index in [9.17, 15) is 29.4 Å². The van der Waals surface area contributed by atoms with Crippen LogP contribution in [0.5, 0.6) is 34.5 Å². The normalized spacial score (nSPS) is 17.8. The lowest BCUT2D eigenvalue weighted by atomic mass is 9.75. The molecule has 0 fully saturated rings. The van der Waals surface area contributed by atoms with Gasteiger partial charge in [-0.05, 0) is 329 Å². The van der Waals surface area contributed by atoms with Gasteiger partial charge in [-0.2, -0.15) is 0 Å². The van der Waals surface area contributed by atoms with Gasteiger partial charge in [-0.3, -0.25) is 19.2 Å². The van der Waals surface area contributed by atoms with Crippen LogP contribution in [-0.2, 0) is 77.0 Å². The number of phenolic OH excluding ortho intramolecular Hbond substituents is 2. The van der Waals surface area contributed by atoms with E-state index in [4.69, 9.17) is 37.9 Å². The van der Waals surface area contributed by atoms with Crippen molar-refractivity contribution in [1.82, 2.24) is 0 Å². The SMILES string of the molecule is C.C.COC(=O)C(C)(C)[C@@H]1CCc2ccc(O)cc21.COC(=O)C(C)(C)[C@@H]1CCc2ccc(OCc3ccc(-c4cc(OC)ccc4F)c(C4=CCCC4(C)C)c3)cc21.COC(=O)C(C)(C)[C@H]1CCc2ccc(O)cc21.COC(=O)C(C)(C)[C@H]1CCc2ccc(OCc3ccc(-c4cc(OC)ccc4F)c(C4=CCCC4(C)C)c3)cc21. The molecule has 0 spiro atoms. The Hall–Kier alpha value is -10.2. The number of ether oxygens (including phenoxy) is 8. The van der Waals surface area contributed by atoms with Crippen LogP contribution in [0.4, 0.5) is 8.78 Å². The number of carbonyl (C=O) groups excluding carboxylic acids is 4. The fourth-order valence-corrected chi connectivity index (χ4v) is 18.4. The summed E-state index contributed by atoms with van der Waals surface area (Å²) in [5.74, 6) is 2.40. The van der Waals surface area contributed by atoms with Crippen molar-refractivity contribution in [1.29, 1.82) is 0 Å². The molecule has 0 bridgehead atoms. The fraction of sp³-hybridized carbons (Fsp3) is 0.440. The molecule has 16 heteroatoms. The van der Waals surface area contributed by atoms with Crippen LogP contribution in [0.15, 0.2) is 158 Å². The number of hydrogen-bond acceptors (Lipinski definition) is 14. The number of esters is 4. The van der Waals surface area contributed by atoms with E-state index in [1.54, 1.807) is 62.8 Å². The molecule has 0 aliphatic heterocycles. The third kappa shape index (κ3) is 18.8. The fourth-order valence-electron chi connectivity index (χ4n) is 18.4. The maximum Gasteiger partial charge on any atom is 0.311 e. The standard InChI is InChI=1S/2C35H39FO4.2C14H18O3.2CH4/c2*1-34(2)17-7-8-30(34)28-18-22(9-14-26(28)29-19-24(38-5)13-16-32(29)36)21-40-25-12-10-23-11-15-31(27(23)20-25)35(3,4)33(37)39-6;2*1-14(2,13(16)17-3)12-7-5-9-4-6-10(15)8-11(9)12;;/h2*8-10,12-14,16,18-20,31H,7,11,15,17,21H2,1-6H3;2*4,6,8,12,15H,5,7H2,1-3H3;2*1H4/t2*31-;2*12-;;/m1010../s1. The number of halogens is 2. The summed E-state index contributed by atoms with van der Waals surface area (Å²) in [6.07, 6.45) is 16.2. The number of aryl methyl sites for hydroxylation is 4. The predicted molar refractivity (Wildman–Crippen MR) is 457 cm³/mol. The van der Waals surface area contributed by atoms with Gasteiger partial charge in [0.2, 0.25) is 0 Å². The smallest absolute Gasteiger partial charge is 0.311 e. The number of phenols is 2. The Morgan fingerprint density at radius 2 is 0.664 bits per heavy atom. The molecule has 116 heavy (non-hydrogen) atoms. The molecule has 0 saturated carbocycles. The Morgan fingerprint density at radius 3 is 0.948 bits per heavy atom. The van der Waals surface area contributed by atoms with Gasteiger partial charge in [0.1, 0.15) is 59.3 Å². The largest absolute Gasteiger partial charge is 0.508 e. The van der Waals surface area contributed by atoms with E-state index in [0.29, 0.717) is 35.8 Å². The third-order valence-corrected chi connectivity index (χ3v) is 25.3. The highest BCUT2D eigenvalue weighted by Gasteiger charge is 2.46. The molecule has 0 heterocycles. The predicted octanol–water partition coefficient (Wildman–Crippen LogP) is 23.5. The Kier molecular flexibility index (Phi) is 28.2. The van der Waals surface area contributed by atoms with E-state index in [0.717, 1.165) is 144 Å². The topological polar surface area (TPSA) is 183 Å². The van der Waals surface area contributed by atoms with Gasteiger partial charge in [0, 0.05) is 34.8 Å². The van der Waals surface area contributed by atoms with Crippen LogP contribution in [0.3, 0.4) is 0 Å². The number of allylic oxidation sites excluding steroid dienone is 4. The zero-order valence-corrected chi connectivity index (χ0v) is 69.8. The first-order chi connectivity index (χ1) is 54.0. The monoisotopic (exact) mass is 1580 g/mol. The van der Waals surface area contributed by atoms with Gasteiger partial charge in [0.15, 0.2) is 0 Å². The van der Waals surface area contributed by atoms with E-state index in [-0.39, 0.29) is 96.4 Å². The number of fused-ring (bicyclic) bond motifs is 4. The van der Waals surface area contributed by atoms with Crippen molar-refractivity contribution in [2.24, 2.45) is 32.5 Å². The molecule has 0 amide bonds. The number of methoxy groups -OCH3 is 6. The van der Waals surface area contributed by atoms with E-state index < -0.39 is 21.7 Å². The lowest BCUT2D eigenvalue weighted by Crippen LogP contribution is -2.31. The molecule has 8 aromatic carbocycles. The molecule has 2 N–H and O–H groups in total. The third-order valence-electron chi connectivity index (χ3n) is 25.3. The molecule has 0 radical (unpaired) electrons. The summed E-state index contributed by atoms with van der Waals surface area (Å²) in [6, 6.07) is 45.3. The minimum atomic E-state index is -0.611. The zero-order chi connectivity index (χ0) is 82.6. The number of rotatable bonds is 20. The van der Waals surface area contributed by atoms with E-state index in [2.05, 4.69) is 76.2 Å². The molecule has 8 aromatic rings. The zero-order valence-electron chi connectivity index (χ0n) is 69.8. The van der Waals surface area contributed by atoms with E-state index in [1.807, 2.05) is 104 Å². The molecular formula is C100H122F2O14. The van der Waals surface area contributed by atoms with Crippen molar-refractivity contribution < 1.29 is 76.1 Å². The maximum absolute atomic E-state index is 15.1. The second-order valence-electron chi connectivity index (χ2n) is 34.8. The summed E-state index contributed by atoms with van der Waals surface area (Å²) < 4.78 is 73.6. The van der Waals surface area contributed by atoms with Crippen LogP contribution < -0.4 is 18.9 Å². The lowest BCUT2D eigenvalue weighted by molar-refractivity contribution is -0.152. The molecule has 0 unspecified atom stereocenters. The minimum absolute atomic E-state index is 0. The van der Waals surface area contributed by atoms with Crippen LogP contribution in [0, 0.1) is 44.1 Å². The van der Waals surface area contributed by atoms with Gasteiger partial charge in [0.25, 0.3) is 0 Å². The molecule has 4 atom stereocenters. The van der Waals surface area contributed by atoms with E-state index >= 15 is 8.78 Å². The molecule has 6 aliphatic carbocycles. The average molecular weight is 1590 g/mol. The molecule has 0 saturated heterocycles. The number of hydrogen-bond donors (Lipinski definition) is 2. The van der Waals surface area contributed by atoms with Crippen molar-refractivity contribution >= 4 is 35.0 Å². The molecule has 14 rings (SSSR count). The summed E-state index contributed by atoms with van der Waals surface area (Å²) in [5.41, 5.74) is 16.5. The first kappa shape index (κ1) is 89.7. The average Bonchev–Trinajstić information content (AvgIpc) is 0.821. The number of benzene rings is 8. The van der Waals surface area contributed by atoms with Crippen molar-refractivity contribution in [3.05, 3.63) is 236 Å². The summed E-state index contributed by atoms with van der Waals surface area (Å²) >= 11 is 0. The quantitative estimate of drug-likeness (QED) is 0.0543. The van der Waals surface area contributed by atoms with Crippen LogP contribution >= 0.6 is 0 Å². The molecular weight excluding hydrogens is 1460 g/mol. The van der Waals surface area contributed by atoms with Crippen molar-refractivity contribution in [2.45, 2.75) is 212 Å². The van der Waals surface area contributed by atoms with Crippen LogP contribution in [0.2, 0.25) is 0 Å². The Morgan fingerprint density at radius 1 is 0.371 bits per heavy atom. The first-order valence-corrected chi connectivity index (χ1v) is 39.9. The van der Waals surface area contributed by atoms with Gasteiger partial charge in [-0.1, -0.05) is 103 Å². The van der Waals surface area contributed by atoms with Gasteiger partial charge in [0.05, 0.1) is 64.3 Å². The van der Waals surface area contributed by atoms with Crippen LogP contribution in [0.25, 0.3) is 33.4 Å². The Bertz CT molecular complexity index is 4670. The van der Waals surface area contributed by atoms with Gasteiger partial charge in [-0.25, -0.2) is 8.78 Å². The van der Waals surface area contributed by atoms with Crippen LogP contribution in [0.1, 0.15) is 240 Å². The summed E-state index contributed by atoms with van der Waals surface area (Å²) in [7, 11) is 8.93. The van der Waals surface area contributed by atoms with Gasteiger partial charge >= 0.3 is 23.9 Å². The van der Waals surface area contributed by atoms with Crippen molar-refractivity contribution in [3.8, 4) is 56.8 Å². The van der Waals surface area contributed by atoms with Crippen molar-refractivity contribution in [3.63, 3.8) is 0 Å². The molecule has 0 aromatic heterocycles. The van der Waals surface area contributed by atoms with E-state index in [1.165, 1.54) is 74.0 Å². The highest BCUT2D eigenvalue weighted by molar-refractivity contribution is 5.87. The molecule has 620 valence electrons. The number of aromatic hydroxyl groups is 2. The summed E-state index contributed by atoms with van der Waals surface area (Å²) in [5, 5.41) is 19.1. The van der Waals surface area contributed by atoms with Crippen LogP contribution in [-0.4, -0.2) is 76.7 Å². The second kappa shape index (κ2) is 36.5. The highest BCUT2D eigenvalue weighted by Crippen LogP contribution is 2.54. The molecule has 6 aliphatic rings. The van der Waals surface area contributed by atoms with Gasteiger partial charge < -0.3 is 48.1 Å². The molecule has 14 nitrogen and oxygen atoms in total.